The average molecular weight is 240 g/mol. The Morgan fingerprint density at radius 3 is 2.39 bits per heavy atom. The molecule has 2 nitrogen and oxygen atoms in total. The van der Waals surface area contributed by atoms with Crippen molar-refractivity contribution in [3.05, 3.63) is 59.4 Å². The van der Waals surface area contributed by atoms with E-state index in [1.54, 1.807) is 17.0 Å². The number of halogens is 1. The summed E-state index contributed by atoms with van der Waals surface area (Å²) in [5.74, 6) is -0.492. The molecule has 0 aliphatic heterocycles. The first kappa shape index (κ1) is 12.1. The summed E-state index contributed by atoms with van der Waals surface area (Å²) >= 11 is 0. The maximum Gasteiger partial charge on any atom is 0.143 e. The van der Waals surface area contributed by atoms with E-state index >= 15 is 0 Å². The molecule has 0 atom stereocenters. The van der Waals surface area contributed by atoms with Gasteiger partial charge in [-0.15, -0.1) is 0 Å². The third-order valence-electron chi connectivity index (χ3n) is 2.89. The molecule has 2 aromatic rings. The molecular weight excluding hydrogens is 227 g/mol. The van der Waals surface area contributed by atoms with Crippen molar-refractivity contribution in [1.82, 2.24) is 0 Å². The zero-order valence-corrected chi connectivity index (χ0v) is 10.3. The van der Waals surface area contributed by atoms with E-state index in [9.17, 15) is 4.39 Å². The summed E-state index contributed by atoms with van der Waals surface area (Å²) in [5.41, 5.74) is 2.72. The maximum atomic E-state index is 13.5. The van der Waals surface area contributed by atoms with Crippen molar-refractivity contribution >= 4 is 11.4 Å². The lowest BCUT2D eigenvalue weighted by atomic mass is 10.1. The van der Waals surface area contributed by atoms with Crippen molar-refractivity contribution in [2.24, 2.45) is 0 Å². The summed E-state index contributed by atoms with van der Waals surface area (Å²) in [4.78, 5) is 1.81. The molecule has 0 aromatic heterocycles. The van der Waals surface area contributed by atoms with Crippen LogP contribution in [0.2, 0.25) is 0 Å². The van der Waals surface area contributed by atoms with E-state index in [2.05, 4.69) is 0 Å². The van der Waals surface area contributed by atoms with Crippen LogP contribution in [-0.2, 0) is 0 Å². The lowest BCUT2D eigenvalue weighted by Gasteiger charge is -2.21. The van der Waals surface area contributed by atoms with Crippen LogP contribution in [0.5, 0.6) is 0 Å². The van der Waals surface area contributed by atoms with Crippen LogP contribution in [0.15, 0.2) is 42.5 Å². The molecule has 0 fully saturated rings. The Hall–Kier alpha value is -2.34. The number of anilines is 2. The van der Waals surface area contributed by atoms with Gasteiger partial charge in [-0.25, -0.2) is 4.39 Å². The highest BCUT2D eigenvalue weighted by Gasteiger charge is 2.12. The normalized spacial score (nSPS) is 9.89. The van der Waals surface area contributed by atoms with Gasteiger partial charge in [0, 0.05) is 12.7 Å². The third-order valence-corrected chi connectivity index (χ3v) is 2.89. The molecule has 2 aromatic carbocycles. The van der Waals surface area contributed by atoms with Crippen molar-refractivity contribution in [3.63, 3.8) is 0 Å². The molecule has 0 aliphatic rings. The van der Waals surface area contributed by atoms with Gasteiger partial charge in [0.1, 0.15) is 17.4 Å². The third kappa shape index (κ3) is 2.18. The van der Waals surface area contributed by atoms with Gasteiger partial charge in [-0.1, -0.05) is 23.8 Å². The fraction of sp³-hybridized carbons (Fsp3) is 0.133. The van der Waals surface area contributed by atoms with Gasteiger partial charge in [0.15, 0.2) is 0 Å². The number of hydrogen-bond acceptors (Lipinski definition) is 2. The number of rotatable bonds is 2. The molecular formula is C15H13FN2. The monoisotopic (exact) mass is 240 g/mol. The molecule has 0 saturated carbocycles. The number of aryl methyl sites for hydroxylation is 1. The Balaban J connectivity index is 2.46. The SMILES string of the molecule is Cc1ccc(N(C)c2cccc(F)c2C#N)cc1. The summed E-state index contributed by atoms with van der Waals surface area (Å²) in [6, 6.07) is 14.4. The van der Waals surface area contributed by atoms with Gasteiger partial charge in [-0.2, -0.15) is 5.26 Å². The van der Waals surface area contributed by atoms with Gasteiger partial charge in [-0.3, -0.25) is 0 Å². The molecule has 0 unspecified atom stereocenters. The second-order valence-corrected chi connectivity index (χ2v) is 4.14. The minimum Gasteiger partial charge on any atom is -0.343 e. The molecule has 3 heteroatoms. The predicted molar refractivity (Wildman–Crippen MR) is 70.4 cm³/mol. The highest BCUT2D eigenvalue weighted by molar-refractivity contribution is 5.69. The van der Waals surface area contributed by atoms with Crippen LogP contribution in [0.3, 0.4) is 0 Å². The molecule has 0 amide bonds. The van der Waals surface area contributed by atoms with Gasteiger partial charge < -0.3 is 4.90 Å². The fourth-order valence-electron chi connectivity index (χ4n) is 1.81. The summed E-state index contributed by atoms with van der Waals surface area (Å²) < 4.78 is 13.5. The van der Waals surface area contributed by atoms with E-state index in [-0.39, 0.29) is 5.56 Å². The minimum absolute atomic E-state index is 0.0700. The highest BCUT2D eigenvalue weighted by Crippen LogP contribution is 2.28. The van der Waals surface area contributed by atoms with Crippen LogP contribution in [0.25, 0.3) is 0 Å². The van der Waals surface area contributed by atoms with Crippen LogP contribution < -0.4 is 4.90 Å². The van der Waals surface area contributed by atoms with Gasteiger partial charge in [-0.05, 0) is 31.2 Å². The molecule has 0 aliphatic carbocycles. The Bertz CT molecular complexity index is 597. The molecule has 0 saturated heterocycles. The number of benzene rings is 2. The second kappa shape index (κ2) is 4.89. The second-order valence-electron chi connectivity index (χ2n) is 4.14. The molecule has 0 bridgehead atoms. The minimum atomic E-state index is -0.492. The van der Waals surface area contributed by atoms with Crippen molar-refractivity contribution in [2.45, 2.75) is 6.92 Å². The van der Waals surface area contributed by atoms with E-state index in [0.717, 1.165) is 11.3 Å². The lowest BCUT2D eigenvalue weighted by molar-refractivity contribution is 0.624. The Kier molecular flexibility index (Phi) is 3.29. The van der Waals surface area contributed by atoms with E-state index < -0.39 is 5.82 Å². The van der Waals surface area contributed by atoms with Gasteiger partial charge in [0.2, 0.25) is 0 Å². The molecule has 0 N–H and O–H groups in total. The summed E-state index contributed by atoms with van der Waals surface area (Å²) in [5, 5.41) is 9.02. The predicted octanol–water partition coefficient (Wildman–Crippen LogP) is 3.77. The van der Waals surface area contributed by atoms with E-state index in [4.69, 9.17) is 5.26 Å². The maximum absolute atomic E-state index is 13.5. The van der Waals surface area contributed by atoms with Crippen LogP contribution in [0.1, 0.15) is 11.1 Å². The quantitative estimate of drug-likeness (QED) is 0.798. The first-order chi connectivity index (χ1) is 8.63. The fourth-order valence-corrected chi connectivity index (χ4v) is 1.81. The highest BCUT2D eigenvalue weighted by atomic mass is 19.1. The van der Waals surface area contributed by atoms with Crippen LogP contribution in [-0.4, -0.2) is 7.05 Å². The average Bonchev–Trinajstić information content (AvgIpc) is 2.38. The Labute approximate surface area is 106 Å². The van der Waals surface area contributed by atoms with Gasteiger partial charge in [0.25, 0.3) is 0 Å². The molecule has 0 heterocycles. The van der Waals surface area contributed by atoms with Gasteiger partial charge >= 0.3 is 0 Å². The zero-order chi connectivity index (χ0) is 13.1. The Morgan fingerprint density at radius 1 is 1.11 bits per heavy atom. The van der Waals surface area contributed by atoms with E-state index in [1.807, 2.05) is 44.3 Å². The molecule has 2 rings (SSSR count). The number of nitriles is 1. The lowest BCUT2D eigenvalue weighted by Crippen LogP contribution is -2.11. The molecule has 0 radical (unpaired) electrons. The van der Waals surface area contributed by atoms with Crippen LogP contribution in [0.4, 0.5) is 15.8 Å². The number of hydrogen-bond donors (Lipinski definition) is 0. The van der Waals surface area contributed by atoms with Crippen molar-refractivity contribution in [3.8, 4) is 6.07 Å². The zero-order valence-electron chi connectivity index (χ0n) is 10.3. The topological polar surface area (TPSA) is 27.0 Å². The summed E-state index contributed by atoms with van der Waals surface area (Å²) in [7, 11) is 1.82. The first-order valence-electron chi connectivity index (χ1n) is 5.62. The standard InChI is InChI=1S/C15H13FN2/c1-11-6-8-12(9-7-11)18(2)15-5-3-4-14(16)13(15)10-17/h3-9H,1-2H3. The first-order valence-corrected chi connectivity index (χ1v) is 5.62. The summed E-state index contributed by atoms with van der Waals surface area (Å²) in [6.07, 6.45) is 0. The van der Waals surface area contributed by atoms with E-state index in [1.165, 1.54) is 6.07 Å². The van der Waals surface area contributed by atoms with E-state index in [0.29, 0.717) is 5.69 Å². The number of nitrogens with zero attached hydrogens (tertiary/aromatic N) is 2. The van der Waals surface area contributed by atoms with Crippen molar-refractivity contribution in [1.29, 1.82) is 5.26 Å². The van der Waals surface area contributed by atoms with Crippen molar-refractivity contribution < 1.29 is 4.39 Å². The van der Waals surface area contributed by atoms with Crippen molar-refractivity contribution in [2.75, 3.05) is 11.9 Å². The van der Waals surface area contributed by atoms with Crippen LogP contribution >= 0.6 is 0 Å². The van der Waals surface area contributed by atoms with Gasteiger partial charge in [0.05, 0.1) is 5.69 Å². The molecule has 0 spiro atoms. The van der Waals surface area contributed by atoms with Crippen LogP contribution in [0, 0.1) is 24.1 Å². The molecule has 18 heavy (non-hydrogen) atoms. The summed E-state index contributed by atoms with van der Waals surface area (Å²) in [6.45, 7) is 2.01. The largest absolute Gasteiger partial charge is 0.343 e. The molecule has 90 valence electrons. The Morgan fingerprint density at radius 2 is 1.78 bits per heavy atom. The smallest absolute Gasteiger partial charge is 0.143 e.